The molecule has 2 nitrogen and oxygen atoms in total. The Hall–Kier alpha value is -1.33. The molecule has 96 valence electrons. The van der Waals surface area contributed by atoms with E-state index < -0.39 is 0 Å². The SMILES string of the molecule is Cc1cccc(CCN(C)CC2(C#N)CCC2)c1. The highest BCUT2D eigenvalue weighted by Gasteiger charge is 2.37. The Kier molecular flexibility index (Phi) is 4.04. The first-order valence-electron chi connectivity index (χ1n) is 6.79. The van der Waals surface area contributed by atoms with Crippen molar-refractivity contribution in [2.24, 2.45) is 5.41 Å². The molecule has 18 heavy (non-hydrogen) atoms. The molecule has 1 saturated carbocycles. The fourth-order valence-corrected chi connectivity index (χ4v) is 2.69. The van der Waals surface area contributed by atoms with Crippen molar-refractivity contribution in [3.8, 4) is 6.07 Å². The van der Waals surface area contributed by atoms with E-state index in [4.69, 9.17) is 0 Å². The Labute approximate surface area is 110 Å². The second-order valence-corrected chi connectivity index (χ2v) is 5.72. The van der Waals surface area contributed by atoms with Crippen molar-refractivity contribution in [2.45, 2.75) is 32.6 Å². The van der Waals surface area contributed by atoms with Crippen LogP contribution in [0.25, 0.3) is 0 Å². The molecule has 0 heterocycles. The van der Waals surface area contributed by atoms with Crippen LogP contribution in [0.1, 0.15) is 30.4 Å². The van der Waals surface area contributed by atoms with Crippen LogP contribution in [0.4, 0.5) is 0 Å². The molecule has 1 aromatic carbocycles. The van der Waals surface area contributed by atoms with E-state index in [1.165, 1.54) is 17.5 Å². The maximum absolute atomic E-state index is 9.23. The van der Waals surface area contributed by atoms with Gasteiger partial charge in [0.1, 0.15) is 0 Å². The Balaban J connectivity index is 1.82. The third kappa shape index (κ3) is 3.11. The molecule has 0 unspecified atom stereocenters. The van der Waals surface area contributed by atoms with E-state index in [1.54, 1.807) is 0 Å². The van der Waals surface area contributed by atoms with Gasteiger partial charge >= 0.3 is 0 Å². The zero-order valence-electron chi connectivity index (χ0n) is 11.4. The van der Waals surface area contributed by atoms with Crippen LogP contribution in [-0.2, 0) is 6.42 Å². The predicted molar refractivity (Wildman–Crippen MR) is 74.3 cm³/mol. The van der Waals surface area contributed by atoms with Gasteiger partial charge in [-0.05, 0) is 38.8 Å². The highest BCUT2D eigenvalue weighted by molar-refractivity contribution is 5.22. The summed E-state index contributed by atoms with van der Waals surface area (Å²) in [6.07, 6.45) is 4.45. The van der Waals surface area contributed by atoms with Crippen LogP contribution < -0.4 is 0 Å². The normalized spacial score (nSPS) is 17.2. The number of likely N-dealkylation sites (N-methyl/N-ethyl adjacent to an activating group) is 1. The zero-order chi connectivity index (χ0) is 13.0. The summed E-state index contributed by atoms with van der Waals surface area (Å²) in [6, 6.07) is 11.2. The number of aryl methyl sites for hydroxylation is 1. The molecular formula is C16H22N2. The van der Waals surface area contributed by atoms with Gasteiger partial charge in [-0.15, -0.1) is 0 Å². The van der Waals surface area contributed by atoms with Crippen molar-refractivity contribution in [1.82, 2.24) is 4.90 Å². The van der Waals surface area contributed by atoms with Gasteiger partial charge in [-0.25, -0.2) is 0 Å². The van der Waals surface area contributed by atoms with Crippen LogP contribution in [0.5, 0.6) is 0 Å². The topological polar surface area (TPSA) is 27.0 Å². The lowest BCUT2D eigenvalue weighted by molar-refractivity contribution is 0.139. The first-order valence-corrected chi connectivity index (χ1v) is 6.79. The Morgan fingerprint density at radius 3 is 2.72 bits per heavy atom. The molecule has 0 N–H and O–H groups in total. The average Bonchev–Trinajstić information content (AvgIpc) is 2.31. The van der Waals surface area contributed by atoms with Gasteiger partial charge < -0.3 is 4.90 Å². The molecule has 0 spiro atoms. The minimum absolute atomic E-state index is 0.0403. The zero-order valence-corrected chi connectivity index (χ0v) is 11.4. The summed E-state index contributed by atoms with van der Waals surface area (Å²) in [6.45, 7) is 4.09. The number of rotatable bonds is 5. The molecule has 0 aliphatic heterocycles. The van der Waals surface area contributed by atoms with Crippen molar-refractivity contribution in [3.05, 3.63) is 35.4 Å². The number of hydrogen-bond acceptors (Lipinski definition) is 2. The average molecular weight is 242 g/mol. The minimum atomic E-state index is -0.0403. The first-order chi connectivity index (χ1) is 8.63. The molecule has 0 amide bonds. The van der Waals surface area contributed by atoms with E-state index in [0.29, 0.717) is 0 Å². The van der Waals surface area contributed by atoms with E-state index in [0.717, 1.165) is 32.4 Å². The summed E-state index contributed by atoms with van der Waals surface area (Å²) in [7, 11) is 2.13. The van der Waals surface area contributed by atoms with Gasteiger partial charge in [0.15, 0.2) is 0 Å². The molecule has 1 aromatic rings. The van der Waals surface area contributed by atoms with Gasteiger partial charge in [0.25, 0.3) is 0 Å². The summed E-state index contributed by atoms with van der Waals surface area (Å²) < 4.78 is 0. The Morgan fingerprint density at radius 1 is 1.39 bits per heavy atom. The van der Waals surface area contributed by atoms with Crippen LogP contribution >= 0.6 is 0 Å². The number of hydrogen-bond donors (Lipinski definition) is 0. The molecule has 0 atom stereocenters. The van der Waals surface area contributed by atoms with Crippen molar-refractivity contribution >= 4 is 0 Å². The van der Waals surface area contributed by atoms with Gasteiger partial charge in [-0.1, -0.05) is 36.2 Å². The van der Waals surface area contributed by atoms with Gasteiger partial charge in [0, 0.05) is 13.1 Å². The molecule has 1 aliphatic carbocycles. The largest absolute Gasteiger partial charge is 0.304 e. The van der Waals surface area contributed by atoms with Crippen LogP contribution in [0.15, 0.2) is 24.3 Å². The lowest BCUT2D eigenvalue weighted by Crippen LogP contribution is -2.40. The number of nitriles is 1. The van der Waals surface area contributed by atoms with Gasteiger partial charge in [-0.2, -0.15) is 5.26 Å². The lowest BCUT2D eigenvalue weighted by Gasteiger charge is -2.38. The molecule has 1 fully saturated rings. The second-order valence-electron chi connectivity index (χ2n) is 5.72. The Bertz CT molecular complexity index is 441. The summed E-state index contributed by atoms with van der Waals surface area (Å²) in [5, 5.41) is 9.23. The minimum Gasteiger partial charge on any atom is -0.304 e. The van der Waals surface area contributed by atoms with Crippen molar-refractivity contribution in [1.29, 1.82) is 5.26 Å². The quantitative estimate of drug-likeness (QED) is 0.793. The second kappa shape index (κ2) is 5.54. The fourth-order valence-electron chi connectivity index (χ4n) is 2.69. The molecule has 2 rings (SSSR count). The standard InChI is InChI=1S/C16H22N2/c1-14-5-3-6-15(11-14)7-10-18(2)13-16(12-17)8-4-9-16/h3,5-6,11H,4,7-10,13H2,1-2H3. The molecule has 1 aliphatic rings. The molecule has 0 aromatic heterocycles. The van der Waals surface area contributed by atoms with E-state index in [2.05, 4.69) is 49.2 Å². The number of benzene rings is 1. The summed E-state index contributed by atoms with van der Waals surface area (Å²) in [5.74, 6) is 0. The van der Waals surface area contributed by atoms with Crippen LogP contribution in [-0.4, -0.2) is 25.0 Å². The Morgan fingerprint density at radius 2 is 2.17 bits per heavy atom. The summed E-state index contributed by atoms with van der Waals surface area (Å²) in [5.41, 5.74) is 2.67. The highest BCUT2D eigenvalue weighted by Crippen LogP contribution is 2.40. The van der Waals surface area contributed by atoms with Crippen molar-refractivity contribution in [2.75, 3.05) is 20.1 Å². The molecule has 0 bridgehead atoms. The van der Waals surface area contributed by atoms with E-state index in [-0.39, 0.29) is 5.41 Å². The van der Waals surface area contributed by atoms with Crippen LogP contribution in [0.3, 0.4) is 0 Å². The number of nitrogens with zero attached hydrogens (tertiary/aromatic N) is 2. The maximum atomic E-state index is 9.23. The fraction of sp³-hybridized carbons (Fsp3) is 0.562. The maximum Gasteiger partial charge on any atom is 0.0703 e. The van der Waals surface area contributed by atoms with Gasteiger partial charge in [0.05, 0.1) is 11.5 Å². The molecule has 0 radical (unpaired) electrons. The van der Waals surface area contributed by atoms with E-state index in [9.17, 15) is 5.26 Å². The summed E-state index contributed by atoms with van der Waals surface area (Å²) in [4.78, 5) is 2.31. The monoisotopic (exact) mass is 242 g/mol. The van der Waals surface area contributed by atoms with Gasteiger partial charge in [-0.3, -0.25) is 0 Å². The third-order valence-electron chi connectivity index (χ3n) is 3.99. The third-order valence-corrected chi connectivity index (χ3v) is 3.99. The highest BCUT2D eigenvalue weighted by atomic mass is 15.1. The summed E-state index contributed by atoms with van der Waals surface area (Å²) >= 11 is 0. The van der Waals surface area contributed by atoms with Crippen molar-refractivity contribution in [3.63, 3.8) is 0 Å². The lowest BCUT2D eigenvalue weighted by atomic mass is 9.69. The van der Waals surface area contributed by atoms with Crippen LogP contribution in [0, 0.1) is 23.7 Å². The van der Waals surface area contributed by atoms with Crippen molar-refractivity contribution < 1.29 is 0 Å². The smallest absolute Gasteiger partial charge is 0.0703 e. The predicted octanol–water partition coefficient (Wildman–Crippen LogP) is 3.16. The van der Waals surface area contributed by atoms with Gasteiger partial charge in [0.2, 0.25) is 0 Å². The van der Waals surface area contributed by atoms with Crippen LogP contribution in [0.2, 0.25) is 0 Å². The molecular weight excluding hydrogens is 220 g/mol. The van der Waals surface area contributed by atoms with E-state index >= 15 is 0 Å². The van der Waals surface area contributed by atoms with E-state index in [1.807, 2.05) is 0 Å². The molecule has 0 saturated heterocycles. The first kappa shape index (κ1) is 13.1. The molecule has 2 heteroatoms.